The molecule has 0 bridgehead atoms. The normalized spacial score (nSPS) is 30.0. The van der Waals surface area contributed by atoms with Gasteiger partial charge in [0.15, 0.2) is 0 Å². The largest absolute Gasteiger partial charge is 0.446 e. The van der Waals surface area contributed by atoms with Crippen molar-refractivity contribution >= 4 is 45.4 Å². The summed E-state index contributed by atoms with van der Waals surface area (Å²) in [5.74, 6) is -4.05. The molecular weight excluding hydrogens is 602 g/mol. The van der Waals surface area contributed by atoms with Gasteiger partial charge in [0, 0.05) is 37.8 Å². The molecule has 45 heavy (non-hydrogen) atoms. The van der Waals surface area contributed by atoms with Crippen LogP contribution in [0.15, 0.2) is 36.4 Å². The first-order valence-corrected chi connectivity index (χ1v) is 16.9. The van der Waals surface area contributed by atoms with Gasteiger partial charge >= 0.3 is 6.09 Å². The number of nitrogens with zero attached hydrogens (tertiary/aromatic N) is 1. The van der Waals surface area contributed by atoms with Gasteiger partial charge in [-0.25, -0.2) is 13.2 Å². The van der Waals surface area contributed by atoms with Crippen molar-refractivity contribution < 1.29 is 37.1 Å². The third kappa shape index (κ3) is 6.85. The van der Waals surface area contributed by atoms with Crippen molar-refractivity contribution in [1.82, 2.24) is 20.3 Å². The van der Waals surface area contributed by atoms with Crippen molar-refractivity contribution in [3.63, 3.8) is 0 Å². The molecule has 5 rings (SSSR count). The van der Waals surface area contributed by atoms with Crippen LogP contribution in [0.1, 0.15) is 68.6 Å². The second-order valence-electron chi connectivity index (χ2n) is 12.8. The predicted molar refractivity (Wildman–Crippen MR) is 164 cm³/mol. The summed E-state index contributed by atoms with van der Waals surface area (Å²) < 4.78 is 32.6. The number of fused-ring (bicyclic) bond motifs is 2. The lowest BCUT2D eigenvalue weighted by atomic mass is 9.93. The molecule has 4 aliphatic rings. The summed E-state index contributed by atoms with van der Waals surface area (Å²) >= 11 is 0. The first-order chi connectivity index (χ1) is 21.3. The van der Waals surface area contributed by atoms with Crippen LogP contribution in [-0.4, -0.2) is 80.1 Å². The summed E-state index contributed by atoms with van der Waals surface area (Å²) in [6, 6.07) is 6.30. The van der Waals surface area contributed by atoms with Crippen LogP contribution in [0.25, 0.3) is 0 Å². The third-order valence-corrected chi connectivity index (χ3v) is 11.7. The highest BCUT2D eigenvalue weighted by atomic mass is 32.2. The number of carbonyl (C=O) groups is 5. The molecule has 244 valence electrons. The first kappa shape index (κ1) is 32.5. The molecule has 3 aliphatic carbocycles. The highest BCUT2D eigenvalue weighted by Crippen LogP contribution is 2.48. The molecule has 5 atom stereocenters. The molecule has 1 aromatic carbocycles. The number of benzene rings is 1. The molecule has 1 heterocycles. The van der Waals surface area contributed by atoms with Gasteiger partial charge in [-0.15, -0.1) is 0 Å². The summed E-state index contributed by atoms with van der Waals surface area (Å²) in [7, 11) is -0.766. The molecule has 5 amide bonds. The van der Waals surface area contributed by atoms with Crippen LogP contribution in [-0.2, 0) is 29.1 Å². The number of nitrogens with one attached hydrogen (secondary N) is 4. The van der Waals surface area contributed by atoms with E-state index in [2.05, 4.69) is 20.7 Å². The fourth-order valence-electron chi connectivity index (χ4n) is 6.17. The van der Waals surface area contributed by atoms with Crippen LogP contribution in [0.3, 0.4) is 0 Å². The zero-order chi connectivity index (χ0) is 32.6. The van der Waals surface area contributed by atoms with E-state index in [9.17, 15) is 32.4 Å². The monoisotopic (exact) mass is 643 g/mol. The standard InChI is InChI=1S/C31H41N5O8S/c1-30(12-13-30)45(42,43)35-28(40)31-18-20(31)10-6-4-5-7-14-36(3)27(39)24-17-22(16-23(24)26(38)34-31)44-29(41)33-21-11-8-9-19(15-21)25(37)32-2/h6,8-11,15,20,22-24H,4-5,7,12-14,16-18H2,1-3H3,(H,32,37)(H,33,41)(H,34,38)(H,35,40)/b10-6-/t20-,22-,23-,24-,31-/m1/s1. The lowest BCUT2D eigenvalue weighted by Gasteiger charge is -2.27. The Kier molecular flexibility index (Phi) is 8.98. The molecule has 4 N–H and O–H groups in total. The van der Waals surface area contributed by atoms with Crippen LogP contribution in [0.5, 0.6) is 0 Å². The van der Waals surface area contributed by atoms with Crippen molar-refractivity contribution in [2.24, 2.45) is 17.8 Å². The molecule has 3 fully saturated rings. The Labute approximate surface area is 262 Å². The van der Waals surface area contributed by atoms with E-state index in [0.717, 1.165) is 12.8 Å². The Bertz CT molecular complexity index is 1520. The molecule has 0 saturated heterocycles. The third-order valence-electron chi connectivity index (χ3n) is 9.50. The van der Waals surface area contributed by atoms with Gasteiger partial charge in [-0.05, 0) is 76.5 Å². The van der Waals surface area contributed by atoms with Gasteiger partial charge in [0.1, 0.15) is 11.6 Å². The minimum Gasteiger partial charge on any atom is -0.446 e. The molecule has 0 radical (unpaired) electrons. The molecule has 13 nitrogen and oxygen atoms in total. The summed E-state index contributed by atoms with van der Waals surface area (Å²) in [6.45, 7) is 2.08. The second kappa shape index (κ2) is 12.5. The topological polar surface area (TPSA) is 180 Å². The van der Waals surface area contributed by atoms with E-state index in [1.165, 1.54) is 13.1 Å². The minimum atomic E-state index is -3.94. The first-order valence-electron chi connectivity index (χ1n) is 15.4. The zero-order valence-corrected chi connectivity index (χ0v) is 26.6. The molecule has 0 aromatic heterocycles. The lowest BCUT2D eigenvalue weighted by Crippen LogP contribution is -2.55. The van der Waals surface area contributed by atoms with E-state index < -0.39 is 62.1 Å². The Morgan fingerprint density at radius 1 is 1.09 bits per heavy atom. The number of ether oxygens (including phenoxy) is 1. The number of sulfonamides is 1. The van der Waals surface area contributed by atoms with E-state index >= 15 is 0 Å². The van der Waals surface area contributed by atoms with Gasteiger partial charge in [-0.1, -0.05) is 18.2 Å². The van der Waals surface area contributed by atoms with Crippen LogP contribution >= 0.6 is 0 Å². The highest BCUT2D eigenvalue weighted by Gasteiger charge is 2.63. The second-order valence-corrected chi connectivity index (χ2v) is 15.0. The Balaban J connectivity index is 1.33. The molecular formula is C31H41N5O8S. The minimum absolute atomic E-state index is 0.0381. The van der Waals surface area contributed by atoms with Gasteiger partial charge in [0.05, 0.1) is 16.6 Å². The molecule has 0 unspecified atom stereocenters. The van der Waals surface area contributed by atoms with Crippen molar-refractivity contribution in [1.29, 1.82) is 0 Å². The van der Waals surface area contributed by atoms with Crippen LogP contribution in [0, 0.1) is 17.8 Å². The summed E-state index contributed by atoms with van der Waals surface area (Å²) in [5.41, 5.74) is -0.778. The Morgan fingerprint density at radius 3 is 2.53 bits per heavy atom. The van der Waals surface area contributed by atoms with Gasteiger partial charge in [0.2, 0.25) is 21.8 Å². The van der Waals surface area contributed by atoms with E-state index in [0.29, 0.717) is 37.1 Å². The molecule has 14 heteroatoms. The van der Waals surface area contributed by atoms with Gasteiger partial charge in [0.25, 0.3) is 11.8 Å². The van der Waals surface area contributed by atoms with Crippen molar-refractivity contribution in [2.45, 2.75) is 74.7 Å². The Morgan fingerprint density at radius 2 is 1.82 bits per heavy atom. The smallest absolute Gasteiger partial charge is 0.411 e. The van der Waals surface area contributed by atoms with Crippen LogP contribution in [0.4, 0.5) is 10.5 Å². The fraction of sp³-hybridized carbons (Fsp3) is 0.581. The molecule has 3 saturated carbocycles. The quantitative estimate of drug-likeness (QED) is 0.340. The number of amides is 5. The number of carbonyl (C=O) groups excluding carboxylic acids is 5. The van der Waals surface area contributed by atoms with Crippen molar-refractivity contribution in [3.8, 4) is 0 Å². The Hall–Kier alpha value is -3.94. The fourth-order valence-corrected chi connectivity index (χ4v) is 7.48. The maximum Gasteiger partial charge on any atom is 0.411 e. The number of anilines is 1. The van der Waals surface area contributed by atoms with Crippen LogP contribution in [0.2, 0.25) is 0 Å². The maximum atomic E-state index is 13.9. The van der Waals surface area contributed by atoms with Gasteiger partial charge in [-0.3, -0.25) is 29.2 Å². The van der Waals surface area contributed by atoms with E-state index in [1.807, 2.05) is 12.2 Å². The SMILES string of the molecule is CNC(=O)c1cccc(NC(=O)O[C@@H]2C[C@H]3C(=O)N[C@]4(C(=O)NS(=O)(=O)C5(C)CC5)C[C@H]4/C=C\CCCCN(C)C(=O)[C@@H]3C2)c1. The van der Waals surface area contributed by atoms with Crippen molar-refractivity contribution in [2.75, 3.05) is 26.0 Å². The summed E-state index contributed by atoms with van der Waals surface area (Å²) in [5, 5.41) is 7.94. The number of rotatable bonds is 6. The van der Waals surface area contributed by atoms with E-state index in [4.69, 9.17) is 4.74 Å². The predicted octanol–water partition coefficient (Wildman–Crippen LogP) is 2.06. The average molecular weight is 644 g/mol. The van der Waals surface area contributed by atoms with Crippen molar-refractivity contribution in [3.05, 3.63) is 42.0 Å². The maximum absolute atomic E-state index is 13.9. The van der Waals surface area contributed by atoms with E-state index in [1.54, 1.807) is 37.1 Å². The zero-order valence-electron chi connectivity index (χ0n) is 25.8. The van der Waals surface area contributed by atoms with Gasteiger partial charge < -0.3 is 20.3 Å². The number of hydrogen-bond donors (Lipinski definition) is 4. The average Bonchev–Trinajstić information content (AvgIpc) is 3.88. The van der Waals surface area contributed by atoms with Gasteiger partial charge in [-0.2, -0.15) is 0 Å². The number of allylic oxidation sites excluding steroid dienone is 1. The molecule has 1 aliphatic heterocycles. The van der Waals surface area contributed by atoms with E-state index in [-0.39, 0.29) is 31.1 Å². The summed E-state index contributed by atoms with van der Waals surface area (Å²) in [4.78, 5) is 67.3. The number of hydrogen-bond acceptors (Lipinski definition) is 8. The summed E-state index contributed by atoms with van der Waals surface area (Å²) in [6.07, 6.45) is 5.73. The molecule has 0 spiro atoms. The molecule has 1 aromatic rings. The highest BCUT2D eigenvalue weighted by molar-refractivity contribution is 7.91. The lowest BCUT2D eigenvalue weighted by molar-refractivity contribution is -0.140. The van der Waals surface area contributed by atoms with Crippen LogP contribution < -0.4 is 20.7 Å².